The van der Waals surface area contributed by atoms with Crippen molar-refractivity contribution in [3.63, 3.8) is 0 Å². The van der Waals surface area contributed by atoms with Crippen molar-refractivity contribution in [2.24, 2.45) is 0 Å². The van der Waals surface area contributed by atoms with Crippen molar-refractivity contribution >= 4 is 17.5 Å². The first-order valence-electron chi connectivity index (χ1n) is 5.92. The molecule has 1 aliphatic rings. The maximum absolute atomic E-state index is 12.6. The van der Waals surface area contributed by atoms with Gasteiger partial charge >= 0.3 is 0 Å². The number of halogens is 1. The number of nitriles is 1. The number of fused-ring (bicyclic) bond motifs is 1. The van der Waals surface area contributed by atoms with Gasteiger partial charge in [-0.2, -0.15) is 5.26 Å². The number of methoxy groups -OCH3 is 1. The first-order valence-corrected chi connectivity index (χ1v) is 6.30. The van der Waals surface area contributed by atoms with Crippen LogP contribution in [0.5, 0.6) is 5.75 Å². The lowest BCUT2D eigenvalue weighted by molar-refractivity contribution is 0.0566. The first kappa shape index (κ1) is 13.7. The Labute approximate surface area is 117 Å². The first-order chi connectivity index (χ1) is 8.82. The van der Waals surface area contributed by atoms with Gasteiger partial charge in [-0.1, -0.05) is 11.6 Å². The number of carbonyl (C=O) groups is 1. The van der Waals surface area contributed by atoms with Gasteiger partial charge in [0.2, 0.25) is 0 Å². The number of hydrogen-bond donors (Lipinski definition) is 0. The fourth-order valence-electron chi connectivity index (χ4n) is 2.41. The van der Waals surface area contributed by atoms with Crippen LogP contribution in [-0.2, 0) is 0 Å². The highest BCUT2D eigenvalue weighted by Gasteiger charge is 2.45. The number of hydrogen-bond acceptors (Lipinski definition) is 3. The molecular weight excluding hydrogens is 264 g/mol. The molecule has 1 aromatic rings. The Morgan fingerprint density at radius 3 is 2.53 bits per heavy atom. The molecule has 0 saturated heterocycles. The Morgan fingerprint density at radius 1 is 1.42 bits per heavy atom. The third kappa shape index (κ3) is 1.95. The van der Waals surface area contributed by atoms with Crippen LogP contribution >= 0.6 is 11.6 Å². The van der Waals surface area contributed by atoms with E-state index in [0.29, 0.717) is 21.9 Å². The highest BCUT2D eigenvalue weighted by molar-refractivity contribution is 6.32. The molecule has 0 radical (unpaired) electrons. The zero-order valence-corrected chi connectivity index (χ0v) is 12.1. The van der Waals surface area contributed by atoms with Crippen molar-refractivity contribution in [1.29, 1.82) is 5.26 Å². The topological polar surface area (TPSA) is 53.3 Å². The lowest BCUT2D eigenvalue weighted by Crippen LogP contribution is -2.43. The minimum atomic E-state index is -0.676. The molecule has 1 aromatic carbocycles. The van der Waals surface area contributed by atoms with Crippen LogP contribution in [0.25, 0.3) is 0 Å². The van der Waals surface area contributed by atoms with Crippen LogP contribution in [0.2, 0.25) is 5.02 Å². The summed E-state index contributed by atoms with van der Waals surface area (Å²) in [6, 6.07) is 4.80. The van der Waals surface area contributed by atoms with E-state index in [1.807, 2.05) is 20.8 Å². The predicted molar refractivity (Wildman–Crippen MR) is 72.3 cm³/mol. The van der Waals surface area contributed by atoms with Gasteiger partial charge in [-0.05, 0) is 32.9 Å². The molecule has 1 amide bonds. The molecule has 1 atom stereocenters. The molecule has 0 aliphatic carbocycles. The molecule has 0 bridgehead atoms. The number of rotatable bonds is 1. The molecule has 19 heavy (non-hydrogen) atoms. The van der Waals surface area contributed by atoms with Gasteiger partial charge in [0.15, 0.2) is 0 Å². The van der Waals surface area contributed by atoms with Crippen molar-refractivity contribution < 1.29 is 9.53 Å². The number of ether oxygens (including phenoxy) is 1. The molecule has 0 aromatic heterocycles. The standard InChI is InChI=1S/C14H15ClN2O2/c1-14(2,3)17-9(7-16)11-8(15)5-6-10(19-4)12(11)13(17)18/h5-6,9H,1-4H3. The predicted octanol–water partition coefficient (Wildman–Crippen LogP) is 3.17. The zero-order chi connectivity index (χ0) is 14.4. The van der Waals surface area contributed by atoms with Crippen LogP contribution in [0.15, 0.2) is 12.1 Å². The second-order valence-electron chi connectivity index (χ2n) is 5.42. The van der Waals surface area contributed by atoms with Crippen LogP contribution < -0.4 is 4.74 Å². The smallest absolute Gasteiger partial charge is 0.259 e. The van der Waals surface area contributed by atoms with E-state index in [9.17, 15) is 10.1 Å². The monoisotopic (exact) mass is 278 g/mol. The Morgan fingerprint density at radius 2 is 2.05 bits per heavy atom. The SMILES string of the molecule is COc1ccc(Cl)c2c1C(=O)N(C(C)(C)C)C2C#N. The van der Waals surface area contributed by atoms with E-state index in [-0.39, 0.29) is 5.91 Å². The Bertz CT molecular complexity index is 584. The van der Waals surface area contributed by atoms with Gasteiger partial charge in [0.1, 0.15) is 11.8 Å². The molecular formula is C14H15ClN2O2. The second kappa shape index (κ2) is 4.43. The summed E-state index contributed by atoms with van der Waals surface area (Å²) in [5.41, 5.74) is 0.477. The van der Waals surface area contributed by atoms with E-state index in [2.05, 4.69) is 6.07 Å². The Hall–Kier alpha value is -1.73. The maximum Gasteiger partial charge on any atom is 0.259 e. The van der Waals surface area contributed by atoms with Crippen LogP contribution in [0, 0.1) is 11.3 Å². The molecule has 4 nitrogen and oxygen atoms in total. The van der Waals surface area contributed by atoms with Crippen molar-refractivity contribution in [3.8, 4) is 11.8 Å². The van der Waals surface area contributed by atoms with Gasteiger partial charge in [-0.25, -0.2) is 0 Å². The van der Waals surface area contributed by atoms with Gasteiger partial charge in [0, 0.05) is 16.1 Å². The van der Waals surface area contributed by atoms with Crippen molar-refractivity contribution in [3.05, 3.63) is 28.3 Å². The van der Waals surface area contributed by atoms with E-state index in [0.717, 1.165) is 0 Å². The Kier molecular flexibility index (Phi) is 3.19. The molecule has 0 N–H and O–H groups in total. The van der Waals surface area contributed by atoms with Gasteiger partial charge in [0.25, 0.3) is 5.91 Å². The highest BCUT2D eigenvalue weighted by Crippen LogP contribution is 2.45. The second-order valence-corrected chi connectivity index (χ2v) is 5.82. The summed E-state index contributed by atoms with van der Waals surface area (Å²) >= 11 is 6.17. The maximum atomic E-state index is 12.6. The quantitative estimate of drug-likeness (QED) is 0.793. The molecule has 5 heteroatoms. The van der Waals surface area contributed by atoms with Gasteiger partial charge in [0.05, 0.1) is 18.7 Å². The Balaban J connectivity index is 2.72. The molecule has 0 fully saturated rings. The molecule has 0 saturated carbocycles. The lowest BCUT2D eigenvalue weighted by Gasteiger charge is -2.34. The van der Waals surface area contributed by atoms with E-state index in [1.54, 1.807) is 17.0 Å². The van der Waals surface area contributed by atoms with Crippen LogP contribution in [0.4, 0.5) is 0 Å². The van der Waals surface area contributed by atoms with E-state index in [1.165, 1.54) is 7.11 Å². The van der Waals surface area contributed by atoms with Gasteiger partial charge in [-0.15, -0.1) is 0 Å². The summed E-state index contributed by atoms with van der Waals surface area (Å²) in [7, 11) is 1.50. The van der Waals surface area contributed by atoms with Crippen molar-refractivity contribution in [1.82, 2.24) is 4.90 Å². The summed E-state index contributed by atoms with van der Waals surface area (Å²) in [6.45, 7) is 5.67. The van der Waals surface area contributed by atoms with Crippen molar-refractivity contribution in [2.45, 2.75) is 32.4 Å². The molecule has 1 aliphatic heterocycles. The summed E-state index contributed by atoms with van der Waals surface area (Å²) < 4.78 is 5.22. The summed E-state index contributed by atoms with van der Waals surface area (Å²) in [4.78, 5) is 14.1. The fraction of sp³-hybridized carbons (Fsp3) is 0.429. The van der Waals surface area contributed by atoms with Crippen LogP contribution in [-0.4, -0.2) is 23.5 Å². The van der Waals surface area contributed by atoms with Crippen LogP contribution in [0.3, 0.4) is 0 Å². The molecule has 1 heterocycles. The van der Waals surface area contributed by atoms with Gasteiger partial charge in [-0.3, -0.25) is 4.79 Å². The van der Waals surface area contributed by atoms with E-state index in [4.69, 9.17) is 16.3 Å². The number of benzene rings is 1. The zero-order valence-electron chi connectivity index (χ0n) is 11.3. The number of carbonyl (C=O) groups excluding carboxylic acids is 1. The molecule has 1 unspecified atom stereocenters. The average molecular weight is 279 g/mol. The van der Waals surface area contributed by atoms with Gasteiger partial charge < -0.3 is 9.64 Å². The third-order valence-electron chi connectivity index (χ3n) is 3.18. The number of nitrogens with zero attached hydrogens (tertiary/aromatic N) is 2. The largest absolute Gasteiger partial charge is 0.496 e. The summed E-state index contributed by atoms with van der Waals surface area (Å²) in [5.74, 6) is 0.241. The molecule has 2 rings (SSSR count). The summed E-state index contributed by atoms with van der Waals surface area (Å²) in [5, 5.41) is 9.83. The highest BCUT2D eigenvalue weighted by atomic mass is 35.5. The van der Waals surface area contributed by atoms with E-state index >= 15 is 0 Å². The average Bonchev–Trinajstić information content (AvgIpc) is 2.64. The van der Waals surface area contributed by atoms with Crippen LogP contribution in [0.1, 0.15) is 42.7 Å². The van der Waals surface area contributed by atoms with E-state index < -0.39 is 11.6 Å². The van der Waals surface area contributed by atoms with Crippen molar-refractivity contribution in [2.75, 3.05) is 7.11 Å². The molecule has 100 valence electrons. The minimum absolute atomic E-state index is 0.214. The lowest BCUT2D eigenvalue weighted by atomic mass is 10.0. The molecule has 0 spiro atoms. The fourth-order valence-corrected chi connectivity index (χ4v) is 2.67. The summed E-state index contributed by atoms with van der Waals surface area (Å²) in [6.07, 6.45) is 0. The third-order valence-corrected chi connectivity index (χ3v) is 3.51. The minimum Gasteiger partial charge on any atom is -0.496 e. The normalized spacial score (nSPS) is 18.2. The number of amides is 1.